The largest absolute Gasteiger partial charge is 0.494 e. The summed E-state index contributed by atoms with van der Waals surface area (Å²) in [7, 11) is 3.74. The Bertz CT molecular complexity index is 1580. The number of aromatic amines is 1. The van der Waals surface area contributed by atoms with E-state index < -0.39 is 5.60 Å². The van der Waals surface area contributed by atoms with Gasteiger partial charge in [-0.15, -0.1) is 0 Å². The van der Waals surface area contributed by atoms with Crippen molar-refractivity contribution >= 4 is 40.2 Å². The molecule has 9 heteroatoms. The van der Waals surface area contributed by atoms with Crippen molar-refractivity contribution in [1.82, 2.24) is 14.9 Å². The molecule has 3 N–H and O–H groups in total. The van der Waals surface area contributed by atoms with Crippen LogP contribution in [0.2, 0.25) is 0 Å². The fourth-order valence-corrected chi connectivity index (χ4v) is 5.15. The van der Waals surface area contributed by atoms with Crippen molar-refractivity contribution in [2.75, 3.05) is 55.9 Å². The Balaban J connectivity index is 1.15. The van der Waals surface area contributed by atoms with Crippen molar-refractivity contribution in [3.8, 4) is 22.9 Å². The summed E-state index contributed by atoms with van der Waals surface area (Å²) >= 11 is 0. The van der Waals surface area contributed by atoms with Crippen LogP contribution >= 0.6 is 0 Å². The average molecular weight is 539 g/mol. The Morgan fingerprint density at radius 3 is 2.55 bits per heavy atom. The molecule has 4 aromatic rings. The zero-order valence-corrected chi connectivity index (χ0v) is 23.2. The number of likely N-dealkylation sites (N-methyl/N-ethyl adjacent to an activating group) is 1. The first-order valence-electron chi connectivity index (χ1n) is 13.5. The van der Waals surface area contributed by atoms with E-state index in [1.807, 2.05) is 50.3 Å². The van der Waals surface area contributed by atoms with Gasteiger partial charge in [-0.2, -0.15) is 0 Å². The summed E-state index contributed by atoms with van der Waals surface area (Å²) in [4.78, 5) is 25.8. The third kappa shape index (κ3) is 5.20. The second kappa shape index (κ2) is 10.2. The molecule has 0 spiro atoms. The number of hydrogen-bond donors (Lipinski definition) is 3. The number of carbonyl (C=O) groups excluding carboxylic acids is 1. The molecule has 2 aliphatic rings. The molecule has 3 aromatic carbocycles. The van der Waals surface area contributed by atoms with Crippen LogP contribution in [0.3, 0.4) is 0 Å². The maximum absolute atomic E-state index is 12.9. The Morgan fingerprint density at radius 2 is 1.80 bits per heavy atom. The molecule has 0 saturated carbocycles. The number of aromatic nitrogens is 2. The predicted molar refractivity (Wildman–Crippen MR) is 161 cm³/mol. The summed E-state index contributed by atoms with van der Waals surface area (Å²) < 4.78 is 11.6. The van der Waals surface area contributed by atoms with Crippen LogP contribution in [0.4, 0.5) is 21.9 Å². The SMILES string of the molecule is COc1c(NC(=O)Nc2ccc3[nH]c(-c4ccc(N5CCN(C)CC5)cc4)nc3c2)ccc2c1C=CC(C)(C)O2. The monoisotopic (exact) mass is 538 g/mol. The van der Waals surface area contributed by atoms with Crippen LogP contribution in [-0.4, -0.2) is 66.8 Å². The number of ether oxygens (including phenoxy) is 2. The Kier molecular flexibility index (Phi) is 6.59. The van der Waals surface area contributed by atoms with Crippen molar-refractivity contribution in [2.45, 2.75) is 19.4 Å². The number of imidazole rings is 1. The summed E-state index contributed by atoms with van der Waals surface area (Å²) in [5, 5.41) is 5.80. The second-order valence-corrected chi connectivity index (χ2v) is 10.8. The topological polar surface area (TPSA) is 94.8 Å². The van der Waals surface area contributed by atoms with Crippen molar-refractivity contribution in [3.63, 3.8) is 0 Å². The summed E-state index contributed by atoms with van der Waals surface area (Å²) in [6.07, 6.45) is 3.93. The smallest absolute Gasteiger partial charge is 0.323 e. The minimum absolute atomic E-state index is 0.381. The van der Waals surface area contributed by atoms with Crippen LogP contribution < -0.4 is 25.0 Å². The molecule has 1 aromatic heterocycles. The van der Waals surface area contributed by atoms with Gasteiger partial charge >= 0.3 is 6.03 Å². The third-order valence-corrected chi connectivity index (χ3v) is 7.38. The number of piperazine rings is 1. The lowest BCUT2D eigenvalue weighted by atomic mass is 10.0. The summed E-state index contributed by atoms with van der Waals surface area (Å²) in [6.45, 7) is 8.20. The molecular weight excluding hydrogens is 504 g/mol. The molecule has 0 radical (unpaired) electrons. The Morgan fingerprint density at radius 1 is 1.02 bits per heavy atom. The van der Waals surface area contributed by atoms with Gasteiger partial charge < -0.3 is 34.9 Å². The van der Waals surface area contributed by atoms with E-state index in [4.69, 9.17) is 14.5 Å². The maximum atomic E-state index is 12.9. The summed E-state index contributed by atoms with van der Waals surface area (Å²) in [5.74, 6) is 2.05. The standard InChI is InChI=1S/C31H34N6O3/c1-31(2)14-13-23-27(40-31)12-11-25(28(23)39-4)35-30(38)32-21-7-10-24-26(19-21)34-29(33-24)20-5-8-22(9-6-20)37-17-15-36(3)16-18-37/h5-14,19H,15-18H2,1-4H3,(H,33,34)(H2,32,35,38). The van der Waals surface area contributed by atoms with Gasteiger partial charge in [0.15, 0.2) is 5.75 Å². The van der Waals surface area contributed by atoms with Crippen LogP contribution in [0.25, 0.3) is 28.5 Å². The number of amides is 2. The minimum atomic E-state index is -0.400. The first-order chi connectivity index (χ1) is 19.3. The number of rotatable bonds is 5. The summed E-state index contributed by atoms with van der Waals surface area (Å²) in [6, 6.07) is 17.4. The van der Waals surface area contributed by atoms with Gasteiger partial charge in [-0.25, -0.2) is 9.78 Å². The lowest BCUT2D eigenvalue weighted by Gasteiger charge is -2.34. The zero-order valence-electron chi connectivity index (χ0n) is 23.2. The number of nitrogens with one attached hydrogen (secondary N) is 3. The minimum Gasteiger partial charge on any atom is -0.494 e. The zero-order chi connectivity index (χ0) is 27.9. The molecule has 206 valence electrons. The van der Waals surface area contributed by atoms with Crippen LogP contribution in [0, 0.1) is 0 Å². The van der Waals surface area contributed by atoms with E-state index >= 15 is 0 Å². The highest BCUT2D eigenvalue weighted by molar-refractivity contribution is 6.02. The highest BCUT2D eigenvalue weighted by Gasteiger charge is 2.25. The number of nitrogens with zero attached hydrogens (tertiary/aromatic N) is 3. The fraction of sp³-hybridized carbons (Fsp3) is 0.290. The van der Waals surface area contributed by atoms with Gasteiger partial charge in [0.1, 0.15) is 17.2 Å². The number of H-pyrrole nitrogens is 1. The molecule has 40 heavy (non-hydrogen) atoms. The maximum Gasteiger partial charge on any atom is 0.323 e. The Labute approximate surface area is 233 Å². The molecule has 0 unspecified atom stereocenters. The van der Waals surface area contributed by atoms with E-state index in [9.17, 15) is 4.79 Å². The van der Waals surface area contributed by atoms with Crippen LogP contribution in [0.15, 0.2) is 60.7 Å². The first kappa shape index (κ1) is 25.8. The predicted octanol–water partition coefficient (Wildman–Crippen LogP) is 5.82. The van der Waals surface area contributed by atoms with Crippen LogP contribution in [-0.2, 0) is 0 Å². The van der Waals surface area contributed by atoms with E-state index in [-0.39, 0.29) is 6.03 Å². The molecule has 2 aliphatic heterocycles. The number of fused-ring (bicyclic) bond motifs is 2. The number of carbonyl (C=O) groups is 1. The molecule has 2 amide bonds. The van der Waals surface area contributed by atoms with Gasteiger partial charge in [0.2, 0.25) is 0 Å². The van der Waals surface area contributed by atoms with Crippen molar-refractivity contribution in [1.29, 1.82) is 0 Å². The lowest BCUT2D eigenvalue weighted by molar-refractivity contribution is 0.158. The first-order valence-corrected chi connectivity index (χ1v) is 13.5. The van der Waals surface area contributed by atoms with Gasteiger partial charge in [0.25, 0.3) is 0 Å². The van der Waals surface area contributed by atoms with Crippen molar-refractivity contribution in [2.24, 2.45) is 0 Å². The highest BCUT2D eigenvalue weighted by Crippen LogP contribution is 2.41. The second-order valence-electron chi connectivity index (χ2n) is 10.8. The van der Waals surface area contributed by atoms with Crippen LogP contribution in [0.1, 0.15) is 19.4 Å². The number of hydrogen-bond acceptors (Lipinski definition) is 6. The fourth-order valence-electron chi connectivity index (χ4n) is 5.15. The van der Waals surface area contributed by atoms with Gasteiger partial charge in [-0.3, -0.25) is 0 Å². The molecule has 0 bridgehead atoms. The van der Waals surface area contributed by atoms with Crippen molar-refractivity contribution in [3.05, 3.63) is 66.2 Å². The molecule has 3 heterocycles. The van der Waals surface area contributed by atoms with Gasteiger partial charge in [0.05, 0.1) is 29.4 Å². The number of methoxy groups -OCH3 is 1. The van der Waals surface area contributed by atoms with Gasteiger partial charge in [-0.1, -0.05) is 0 Å². The van der Waals surface area contributed by atoms with Gasteiger partial charge in [-0.05, 0) is 87.6 Å². The molecule has 1 fully saturated rings. The molecule has 6 rings (SSSR count). The molecule has 1 saturated heterocycles. The molecular formula is C31H34N6O3. The normalized spacial score (nSPS) is 16.4. The number of benzene rings is 3. The van der Waals surface area contributed by atoms with E-state index in [1.165, 1.54) is 5.69 Å². The summed E-state index contributed by atoms with van der Waals surface area (Å²) in [5.41, 5.74) is 5.49. The van der Waals surface area contributed by atoms with E-state index in [2.05, 4.69) is 56.7 Å². The average Bonchev–Trinajstić information content (AvgIpc) is 3.36. The van der Waals surface area contributed by atoms with E-state index in [1.54, 1.807) is 13.2 Å². The molecule has 0 aliphatic carbocycles. The van der Waals surface area contributed by atoms with Crippen molar-refractivity contribution < 1.29 is 14.3 Å². The molecule has 0 atom stereocenters. The van der Waals surface area contributed by atoms with E-state index in [0.29, 0.717) is 22.9 Å². The lowest BCUT2D eigenvalue weighted by Crippen LogP contribution is -2.44. The van der Waals surface area contributed by atoms with Crippen LogP contribution in [0.5, 0.6) is 11.5 Å². The Hall–Kier alpha value is -4.50. The number of anilines is 3. The highest BCUT2D eigenvalue weighted by atomic mass is 16.5. The number of urea groups is 1. The van der Waals surface area contributed by atoms with E-state index in [0.717, 1.165) is 54.2 Å². The molecule has 9 nitrogen and oxygen atoms in total. The van der Waals surface area contributed by atoms with Gasteiger partial charge in [0, 0.05) is 43.1 Å². The third-order valence-electron chi connectivity index (χ3n) is 7.38. The quantitative estimate of drug-likeness (QED) is 0.297.